The maximum Gasteiger partial charge on any atom is 0.271 e. The number of anilines is 1. The SMILES string of the molecule is CCNc1cncc(C(=O)NCCN(C)C(C)CC)n1. The number of nitrogens with one attached hydrogen (secondary N) is 2. The molecule has 0 aliphatic heterocycles. The Labute approximate surface area is 121 Å². The standard InChI is InChI=1S/C14H25N5O/c1-5-11(3)19(4)8-7-17-14(20)12-9-15-10-13(18-12)16-6-2/h9-11H,5-8H2,1-4H3,(H,16,18)(H,17,20). The molecule has 0 saturated carbocycles. The fourth-order valence-electron chi connectivity index (χ4n) is 1.71. The average Bonchev–Trinajstić information content (AvgIpc) is 2.46. The Hall–Kier alpha value is -1.69. The van der Waals surface area contributed by atoms with Crippen LogP contribution in [0.25, 0.3) is 0 Å². The van der Waals surface area contributed by atoms with Crippen LogP contribution in [0.2, 0.25) is 0 Å². The molecule has 0 aliphatic carbocycles. The maximum absolute atomic E-state index is 12.0. The topological polar surface area (TPSA) is 70.2 Å². The van der Waals surface area contributed by atoms with Crippen LogP contribution in [0, 0.1) is 0 Å². The fraction of sp³-hybridized carbons (Fsp3) is 0.643. The summed E-state index contributed by atoms with van der Waals surface area (Å²) < 4.78 is 0. The van der Waals surface area contributed by atoms with Gasteiger partial charge in [0.15, 0.2) is 0 Å². The second-order valence-corrected chi connectivity index (χ2v) is 4.81. The van der Waals surface area contributed by atoms with Gasteiger partial charge in [0.2, 0.25) is 0 Å². The molecule has 0 aliphatic rings. The van der Waals surface area contributed by atoms with Crippen molar-refractivity contribution in [1.29, 1.82) is 0 Å². The molecular weight excluding hydrogens is 254 g/mol. The summed E-state index contributed by atoms with van der Waals surface area (Å²) in [5.41, 5.74) is 0.342. The average molecular weight is 279 g/mol. The summed E-state index contributed by atoms with van der Waals surface area (Å²) in [7, 11) is 2.06. The zero-order chi connectivity index (χ0) is 15.0. The van der Waals surface area contributed by atoms with E-state index in [1.807, 2.05) is 6.92 Å². The molecule has 20 heavy (non-hydrogen) atoms. The second kappa shape index (κ2) is 8.47. The molecule has 2 N–H and O–H groups in total. The second-order valence-electron chi connectivity index (χ2n) is 4.81. The van der Waals surface area contributed by atoms with Crippen LogP contribution in [-0.4, -0.2) is 53.5 Å². The quantitative estimate of drug-likeness (QED) is 0.752. The van der Waals surface area contributed by atoms with E-state index in [4.69, 9.17) is 0 Å². The van der Waals surface area contributed by atoms with E-state index in [1.165, 1.54) is 6.20 Å². The highest BCUT2D eigenvalue weighted by molar-refractivity contribution is 5.92. The van der Waals surface area contributed by atoms with Gasteiger partial charge in [-0.1, -0.05) is 6.92 Å². The maximum atomic E-state index is 12.0. The first-order chi connectivity index (χ1) is 9.58. The Bertz CT molecular complexity index is 424. The lowest BCUT2D eigenvalue weighted by atomic mass is 10.2. The number of rotatable bonds is 8. The molecule has 1 aromatic rings. The van der Waals surface area contributed by atoms with Gasteiger partial charge in [-0.3, -0.25) is 9.78 Å². The first-order valence-corrected chi connectivity index (χ1v) is 7.12. The van der Waals surface area contributed by atoms with Gasteiger partial charge >= 0.3 is 0 Å². The van der Waals surface area contributed by atoms with Gasteiger partial charge in [0, 0.05) is 25.7 Å². The molecule has 0 saturated heterocycles. The van der Waals surface area contributed by atoms with Crippen molar-refractivity contribution in [3.63, 3.8) is 0 Å². The number of nitrogens with zero attached hydrogens (tertiary/aromatic N) is 3. The minimum atomic E-state index is -0.185. The number of likely N-dealkylation sites (N-methyl/N-ethyl adjacent to an activating group) is 1. The van der Waals surface area contributed by atoms with E-state index in [9.17, 15) is 4.79 Å². The van der Waals surface area contributed by atoms with Crippen molar-refractivity contribution in [2.75, 3.05) is 32.0 Å². The van der Waals surface area contributed by atoms with Crippen LogP contribution >= 0.6 is 0 Å². The molecule has 0 fully saturated rings. The highest BCUT2D eigenvalue weighted by Gasteiger charge is 2.10. The lowest BCUT2D eigenvalue weighted by molar-refractivity contribution is 0.0942. The minimum absolute atomic E-state index is 0.185. The predicted octanol–water partition coefficient (Wildman–Crippen LogP) is 1.37. The van der Waals surface area contributed by atoms with Crippen molar-refractivity contribution in [2.24, 2.45) is 0 Å². The summed E-state index contributed by atoms with van der Waals surface area (Å²) in [6, 6.07) is 0.517. The van der Waals surface area contributed by atoms with Gasteiger partial charge in [0.05, 0.1) is 12.4 Å². The monoisotopic (exact) mass is 279 g/mol. The summed E-state index contributed by atoms with van der Waals surface area (Å²) in [6.07, 6.45) is 4.19. The Morgan fingerprint density at radius 2 is 2.15 bits per heavy atom. The highest BCUT2D eigenvalue weighted by Crippen LogP contribution is 2.02. The van der Waals surface area contributed by atoms with Crippen LogP contribution in [0.1, 0.15) is 37.7 Å². The van der Waals surface area contributed by atoms with E-state index in [2.05, 4.69) is 46.4 Å². The molecule has 0 bridgehead atoms. The Balaban J connectivity index is 2.44. The number of carbonyl (C=O) groups excluding carboxylic acids is 1. The van der Waals surface area contributed by atoms with E-state index in [1.54, 1.807) is 6.20 Å². The van der Waals surface area contributed by atoms with Gasteiger partial charge in [0.25, 0.3) is 5.91 Å². The molecule has 1 aromatic heterocycles. The van der Waals surface area contributed by atoms with E-state index < -0.39 is 0 Å². The molecule has 1 heterocycles. The Kier molecular flexibility index (Phi) is 6.93. The van der Waals surface area contributed by atoms with Crippen molar-refractivity contribution in [2.45, 2.75) is 33.2 Å². The molecule has 1 rings (SSSR count). The van der Waals surface area contributed by atoms with Crippen LogP contribution in [0.4, 0.5) is 5.82 Å². The lowest BCUT2D eigenvalue weighted by Gasteiger charge is -2.23. The molecule has 6 nitrogen and oxygen atoms in total. The van der Waals surface area contributed by atoms with E-state index in [0.717, 1.165) is 19.5 Å². The van der Waals surface area contributed by atoms with Crippen molar-refractivity contribution in [3.05, 3.63) is 18.1 Å². The van der Waals surface area contributed by atoms with Crippen LogP contribution < -0.4 is 10.6 Å². The van der Waals surface area contributed by atoms with Crippen molar-refractivity contribution in [1.82, 2.24) is 20.2 Å². The minimum Gasteiger partial charge on any atom is -0.369 e. The van der Waals surface area contributed by atoms with Crippen LogP contribution in [0.15, 0.2) is 12.4 Å². The van der Waals surface area contributed by atoms with Crippen molar-refractivity contribution < 1.29 is 4.79 Å². The first kappa shape index (κ1) is 16.4. The summed E-state index contributed by atoms with van der Waals surface area (Å²) in [5, 5.41) is 5.91. The van der Waals surface area contributed by atoms with E-state index in [-0.39, 0.29) is 5.91 Å². The van der Waals surface area contributed by atoms with Gasteiger partial charge < -0.3 is 15.5 Å². The Morgan fingerprint density at radius 1 is 1.40 bits per heavy atom. The molecule has 1 unspecified atom stereocenters. The van der Waals surface area contributed by atoms with E-state index >= 15 is 0 Å². The summed E-state index contributed by atoms with van der Waals surface area (Å²) in [4.78, 5) is 22.4. The first-order valence-electron chi connectivity index (χ1n) is 7.12. The highest BCUT2D eigenvalue weighted by atomic mass is 16.1. The molecule has 0 aromatic carbocycles. The number of hydrogen-bond donors (Lipinski definition) is 2. The van der Waals surface area contributed by atoms with Gasteiger partial charge in [-0.05, 0) is 27.3 Å². The van der Waals surface area contributed by atoms with Crippen molar-refractivity contribution in [3.8, 4) is 0 Å². The normalized spacial score (nSPS) is 12.2. The molecule has 0 radical (unpaired) electrons. The van der Waals surface area contributed by atoms with Gasteiger partial charge in [-0.25, -0.2) is 4.98 Å². The zero-order valence-corrected chi connectivity index (χ0v) is 12.8. The largest absolute Gasteiger partial charge is 0.369 e. The fourth-order valence-corrected chi connectivity index (χ4v) is 1.71. The summed E-state index contributed by atoms with van der Waals surface area (Å²) in [6.45, 7) is 8.47. The lowest BCUT2D eigenvalue weighted by Crippen LogP contribution is -2.37. The van der Waals surface area contributed by atoms with Crippen LogP contribution in [-0.2, 0) is 0 Å². The third-order valence-electron chi connectivity index (χ3n) is 3.32. The summed E-state index contributed by atoms with van der Waals surface area (Å²) >= 11 is 0. The molecule has 1 amide bonds. The molecule has 1 atom stereocenters. The van der Waals surface area contributed by atoms with Crippen LogP contribution in [0.3, 0.4) is 0 Å². The molecule has 112 valence electrons. The van der Waals surface area contributed by atoms with Gasteiger partial charge in [-0.15, -0.1) is 0 Å². The summed E-state index contributed by atoms with van der Waals surface area (Å²) in [5.74, 6) is 0.437. The number of hydrogen-bond acceptors (Lipinski definition) is 5. The predicted molar refractivity (Wildman–Crippen MR) is 80.9 cm³/mol. The number of amides is 1. The number of carbonyl (C=O) groups is 1. The Morgan fingerprint density at radius 3 is 2.80 bits per heavy atom. The molecular formula is C14H25N5O. The van der Waals surface area contributed by atoms with Crippen molar-refractivity contribution >= 4 is 11.7 Å². The third-order valence-corrected chi connectivity index (χ3v) is 3.32. The van der Waals surface area contributed by atoms with Gasteiger partial charge in [-0.2, -0.15) is 0 Å². The van der Waals surface area contributed by atoms with Crippen LogP contribution in [0.5, 0.6) is 0 Å². The molecule has 6 heteroatoms. The van der Waals surface area contributed by atoms with E-state index in [0.29, 0.717) is 24.1 Å². The zero-order valence-electron chi connectivity index (χ0n) is 12.8. The number of aromatic nitrogens is 2. The smallest absolute Gasteiger partial charge is 0.271 e. The third kappa shape index (κ3) is 5.13. The molecule has 0 spiro atoms. The van der Waals surface area contributed by atoms with Gasteiger partial charge in [0.1, 0.15) is 11.5 Å².